The molecule has 0 aromatic heterocycles. The quantitative estimate of drug-likeness (QED) is 0.350. The molecule has 1 aliphatic heterocycles. The van der Waals surface area contributed by atoms with Gasteiger partial charge in [0.15, 0.2) is 5.96 Å². The monoisotopic (exact) mass is 513 g/mol. The topological polar surface area (TPSA) is 54.9 Å². The summed E-state index contributed by atoms with van der Waals surface area (Å²) >= 11 is 0. The molecule has 2 aromatic rings. The Hall–Kier alpha value is -1.87. The minimum atomic E-state index is -0.215. The summed E-state index contributed by atoms with van der Waals surface area (Å²) in [6.07, 6.45) is 1.77. The smallest absolute Gasteiger partial charge is 0.191 e. The number of rotatable bonds is 6. The third-order valence-corrected chi connectivity index (χ3v) is 5.36. The summed E-state index contributed by atoms with van der Waals surface area (Å²) in [6.45, 7) is 2.71. The molecular formula is C22H29FIN3O2. The first kappa shape index (κ1) is 23.4. The molecule has 5 nitrogen and oxygen atoms in total. The number of ether oxygens (including phenoxy) is 2. The number of nitrogens with zero attached hydrogens (tertiary/aromatic N) is 1. The van der Waals surface area contributed by atoms with E-state index in [1.54, 1.807) is 14.2 Å². The van der Waals surface area contributed by atoms with Crippen molar-refractivity contribution >= 4 is 29.9 Å². The highest BCUT2D eigenvalue weighted by Gasteiger charge is 2.34. The van der Waals surface area contributed by atoms with E-state index < -0.39 is 0 Å². The van der Waals surface area contributed by atoms with Crippen LogP contribution in [0.15, 0.2) is 53.5 Å². The molecule has 1 fully saturated rings. The second-order valence-corrected chi connectivity index (χ2v) is 6.99. The third kappa shape index (κ3) is 6.05. The lowest BCUT2D eigenvalue weighted by Crippen LogP contribution is -2.47. The van der Waals surface area contributed by atoms with E-state index in [1.807, 2.05) is 36.4 Å². The fourth-order valence-electron chi connectivity index (χ4n) is 3.63. The van der Waals surface area contributed by atoms with Crippen LogP contribution in [0, 0.1) is 5.82 Å². The normalized spacial score (nSPS) is 15.9. The molecule has 1 aliphatic rings. The Balaban J connectivity index is 0.00000300. The Morgan fingerprint density at radius 1 is 1.10 bits per heavy atom. The van der Waals surface area contributed by atoms with Crippen LogP contribution in [-0.2, 0) is 16.7 Å². The lowest BCUT2D eigenvalue weighted by atomic mass is 9.74. The SMILES string of the molecule is CN=C(NCc1ccccc1OC)NCC1(c2ccc(F)cc2)CCOCC1.I. The van der Waals surface area contributed by atoms with Crippen molar-refractivity contribution in [2.45, 2.75) is 24.8 Å². The molecule has 158 valence electrons. The summed E-state index contributed by atoms with van der Waals surface area (Å²) in [4.78, 5) is 4.34. The van der Waals surface area contributed by atoms with Gasteiger partial charge in [-0.25, -0.2) is 4.39 Å². The van der Waals surface area contributed by atoms with Gasteiger partial charge in [-0.1, -0.05) is 30.3 Å². The molecule has 7 heteroatoms. The van der Waals surface area contributed by atoms with Crippen LogP contribution in [0.4, 0.5) is 4.39 Å². The first-order valence-electron chi connectivity index (χ1n) is 9.57. The van der Waals surface area contributed by atoms with E-state index in [2.05, 4.69) is 15.6 Å². The van der Waals surface area contributed by atoms with Crippen LogP contribution in [0.25, 0.3) is 0 Å². The predicted molar refractivity (Wildman–Crippen MR) is 125 cm³/mol. The summed E-state index contributed by atoms with van der Waals surface area (Å²) in [5, 5.41) is 6.80. The second-order valence-electron chi connectivity index (χ2n) is 6.99. The van der Waals surface area contributed by atoms with Crippen LogP contribution in [-0.4, -0.2) is 39.9 Å². The minimum absolute atomic E-state index is 0. The van der Waals surface area contributed by atoms with Gasteiger partial charge in [0.25, 0.3) is 0 Å². The van der Waals surface area contributed by atoms with Gasteiger partial charge in [0.2, 0.25) is 0 Å². The van der Waals surface area contributed by atoms with Crippen molar-refractivity contribution in [1.82, 2.24) is 10.6 Å². The van der Waals surface area contributed by atoms with Gasteiger partial charge in [0, 0.05) is 44.3 Å². The van der Waals surface area contributed by atoms with Gasteiger partial charge in [-0.05, 0) is 36.6 Å². The van der Waals surface area contributed by atoms with Crippen LogP contribution in [0.3, 0.4) is 0 Å². The van der Waals surface area contributed by atoms with Crippen LogP contribution in [0.5, 0.6) is 5.75 Å². The predicted octanol–water partition coefficient (Wildman–Crippen LogP) is 3.87. The van der Waals surface area contributed by atoms with Crippen molar-refractivity contribution in [2.75, 3.05) is 33.9 Å². The molecule has 0 bridgehead atoms. The molecule has 0 saturated carbocycles. The number of aliphatic imine (C=N–C) groups is 1. The summed E-state index contributed by atoms with van der Waals surface area (Å²) in [6, 6.07) is 14.7. The number of guanidine groups is 1. The van der Waals surface area contributed by atoms with E-state index in [4.69, 9.17) is 9.47 Å². The molecule has 29 heavy (non-hydrogen) atoms. The van der Waals surface area contributed by atoms with Gasteiger partial charge >= 0.3 is 0 Å². The zero-order valence-corrected chi connectivity index (χ0v) is 19.2. The largest absolute Gasteiger partial charge is 0.496 e. The van der Waals surface area contributed by atoms with Crippen molar-refractivity contribution < 1.29 is 13.9 Å². The zero-order valence-electron chi connectivity index (χ0n) is 16.9. The number of hydrogen-bond acceptors (Lipinski definition) is 3. The number of nitrogens with one attached hydrogen (secondary N) is 2. The molecule has 0 atom stereocenters. The average molecular weight is 513 g/mol. The van der Waals surface area contributed by atoms with Crippen molar-refractivity contribution in [3.63, 3.8) is 0 Å². The maximum Gasteiger partial charge on any atom is 0.191 e. The van der Waals surface area contributed by atoms with E-state index in [0.717, 1.165) is 35.7 Å². The maximum atomic E-state index is 13.4. The highest BCUT2D eigenvalue weighted by Crippen LogP contribution is 2.34. The summed E-state index contributed by atoms with van der Waals surface area (Å²) in [5.74, 6) is 1.35. The van der Waals surface area contributed by atoms with Crippen molar-refractivity contribution in [2.24, 2.45) is 4.99 Å². The Morgan fingerprint density at radius 3 is 2.45 bits per heavy atom. The summed E-state index contributed by atoms with van der Waals surface area (Å²) in [5.41, 5.74) is 2.09. The van der Waals surface area contributed by atoms with Crippen molar-refractivity contribution in [1.29, 1.82) is 0 Å². The molecule has 0 aliphatic carbocycles. The van der Waals surface area contributed by atoms with Crippen molar-refractivity contribution in [3.05, 3.63) is 65.5 Å². The van der Waals surface area contributed by atoms with Crippen LogP contribution >= 0.6 is 24.0 Å². The molecular weight excluding hydrogens is 484 g/mol. The van der Waals surface area contributed by atoms with Gasteiger partial charge in [-0.2, -0.15) is 0 Å². The Morgan fingerprint density at radius 2 is 1.79 bits per heavy atom. The van der Waals surface area contributed by atoms with Gasteiger partial charge in [0.05, 0.1) is 7.11 Å². The maximum absolute atomic E-state index is 13.4. The van der Waals surface area contributed by atoms with E-state index in [-0.39, 0.29) is 35.2 Å². The Kier molecular flexibility index (Phi) is 9.16. The summed E-state index contributed by atoms with van der Waals surface area (Å²) in [7, 11) is 3.43. The van der Waals surface area contributed by atoms with Crippen LogP contribution in [0.2, 0.25) is 0 Å². The highest BCUT2D eigenvalue weighted by molar-refractivity contribution is 14.0. The minimum Gasteiger partial charge on any atom is -0.496 e. The second kappa shape index (κ2) is 11.3. The van der Waals surface area contributed by atoms with Crippen molar-refractivity contribution in [3.8, 4) is 5.75 Å². The van der Waals surface area contributed by atoms with Gasteiger partial charge < -0.3 is 20.1 Å². The lowest BCUT2D eigenvalue weighted by molar-refractivity contribution is 0.0513. The van der Waals surface area contributed by atoms with E-state index in [1.165, 1.54) is 12.1 Å². The highest BCUT2D eigenvalue weighted by atomic mass is 127. The molecule has 0 unspecified atom stereocenters. The van der Waals surface area contributed by atoms with E-state index in [9.17, 15) is 4.39 Å². The Bertz CT molecular complexity index is 793. The molecule has 0 spiro atoms. The van der Waals surface area contributed by atoms with Crippen LogP contribution < -0.4 is 15.4 Å². The van der Waals surface area contributed by atoms with Gasteiger partial charge in [-0.3, -0.25) is 4.99 Å². The van der Waals surface area contributed by atoms with Gasteiger partial charge in [0.1, 0.15) is 11.6 Å². The third-order valence-electron chi connectivity index (χ3n) is 5.36. The first-order valence-corrected chi connectivity index (χ1v) is 9.57. The molecule has 3 rings (SSSR count). The van der Waals surface area contributed by atoms with Gasteiger partial charge in [-0.15, -0.1) is 24.0 Å². The Labute approximate surface area is 189 Å². The fourth-order valence-corrected chi connectivity index (χ4v) is 3.63. The molecule has 1 saturated heterocycles. The first-order chi connectivity index (χ1) is 13.7. The molecule has 2 aromatic carbocycles. The summed E-state index contributed by atoms with van der Waals surface area (Å²) < 4.78 is 24.4. The average Bonchev–Trinajstić information content (AvgIpc) is 2.75. The molecule has 0 radical (unpaired) electrons. The number of halogens is 2. The molecule has 1 heterocycles. The molecule has 0 amide bonds. The lowest BCUT2D eigenvalue weighted by Gasteiger charge is -2.38. The van der Waals surface area contributed by atoms with E-state index >= 15 is 0 Å². The number of benzene rings is 2. The van der Waals surface area contributed by atoms with E-state index in [0.29, 0.717) is 26.3 Å². The molecule has 2 N–H and O–H groups in total. The van der Waals surface area contributed by atoms with Crippen LogP contribution in [0.1, 0.15) is 24.0 Å². The fraction of sp³-hybridized carbons (Fsp3) is 0.409. The number of hydrogen-bond donors (Lipinski definition) is 2. The number of para-hydroxylation sites is 1. The standard InChI is InChI=1S/C22H28FN3O2.HI/c1-24-21(25-15-17-5-3-4-6-20(17)27-2)26-16-22(11-13-28-14-12-22)18-7-9-19(23)10-8-18;/h3-10H,11-16H2,1-2H3,(H2,24,25,26);1H. The number of methoxy groups -OCH3 is 1. The zero-order chi connectivity index (χ0) is 19.8.